The quantitative estimate of drug-likeness (QED) is 0.893. The third kappa shape index (κ3) is 2.88. The van der Waals surface area contributed by atoms with E-state index in [-0.39, 0.29) is 5.82 Å². The van der Waals surface area contributed by atoms with Gasteiger partial charge in [-0.1, -0.05) is 22.0 Å². The number of fused-ring (bicyclic) bond motifs is 1. The van der Waals surface area contributed by atoms with E-state index in [1.807, 2.05) is 16.3 Å². The summed E-state index contributed by atoms with van der Waals surface area (Å²) in [6.45, 7) is 0.922. The molecule has 1 N–H and O–H groups in total. The second-order valence-electron chi connectivity index (χ2n) is 5.00. The molecule has 0 fully saturated rings. The van der Waals surface area contributed by atoms with Gasteiger partial charge in [0.25, 0.3) is 0 Å². The number of carboxylic acids is 1. The molecule has 0 bridgehead atoms. The molecule has 6 heteroatoms. The van der Waals surface area contributed by atoms with Crippen molar-refractivity contribution in [2.75, 3.05) is 6.54 Å². The average Bonchev–Trinajstić information content (AvgIpc) is 2.89. The summed E-state index contributed by atoms with van der Waals surface area (Å²) in [5, 5.41) is 11.4. The number of thiophene rings is 1. The molecule has 1 unspecified atom stereocenters. The highest BCUT2D eigenvalue weighted by atomic mass is 79.9. The fourth-order valence-electron chi connectivity index (χ4n) is 2.70. The predicted octanol–water partition coefficient (Wildman–Crippen LogP) is 3.83. The average molecular weight is 370 g/mol. The standard InChI is InChI=1S/C15H13BrFNO2S/c16-10-2-1-9(12(17)7-10)8-18-5-3-13-11(4-6-21-13)14(18)15(19)20/h1-2,4,6-7,14H,3,5,8H2,(H,19,20). The second-order valence-corrected chi connectivity index (χ2v) is 6.91. The third-order valence-corrected chi connectivity index (χ3v) is 5.18. The van der Waals surface area contributed by atoms with E-state index in [9.17, 15) is 14.3 Å². The van der Waals surface area contributed by atoms with Crippen LogP contribution in [0.25, 0.3) is 0 Å². The number of rotatable bonds is 3. The van der Waals surface area contributed by atoms with Gasteiger partial charge in [-0.25, -0.2) is 4.39 Å². The van der Waals surface area contributed by atoms with E-state index in [1.165, 1.54) is 6.07 Å². The first-order chi connectivity index (χ1) is 10.1. The normalized spacial score (nSPS) is 18.5. The second kappa shape index (κ2) is 5.87. The van der Waals surface area contributed by atoms with E-state index in [1.54, 1.807) is 23.5 Å². The van der Waals surface area contributed by atoms with Crippen molar-refractivity contribution < 1.29 is 14.3 Å². The van der Waals surface area contributed by atoms with Gasteiger partial charge in [0.2, 0.25) is 0 Å². The van der Waals surface area contributed by atoms with Crippen molar-refractivity contribution in [3.63, 3.8) is 0 Å². The van der Waals surface area contributed by atoms with E-state index in [0.717, 1.165) is 16.9 Å². The van der Waals surface area contributed by atoms with Crippen LogP contribution in [-0.2, 0) is 17.8 Å². The number of benzene rings is 1. The summed E-state index contributed by atoms with van der Waals surface area (Å²) >= 11 is 4.82. The van der Waals surface area contributed by atoms with Gasteiger partial charge >= 0.3 is 5.97 Å². The van der Waals surface area contributed by atoms with Gasteiger partial charge < -0.3 is 5.11 Å². The van der Waals surface area contributed by atoms with Crippen LogP contribution in [0.5, 0.6) is 0 Å². The molecule has 0 radical (unpaired) electrons. The molecule has 110 valence electrons. The Morgan fingerprint density at radius 2 is 2.29 bits per heavy atom. The maximum Gasteiger partial charge on any atom is 0.325 e. The maximum atomic E-state index is 14.0. The van der Waals surface area contributed by atoms with Crippen molar-refractivity contribution in [2.24, 2.45) is 0 Å². The van der Waals surface area contributed by atoms with Crippen LogP contribution in [-0.4, -0.2) is 22.5 Å². The van der Waals surface area contributed by atoms with Gasteiger partial charge in [-0.2, -0.15) is 0 Å². The highest BCUT2D eigenvalue weighted by molar-refractivity contribution is 9.10. The molecule has 0 aliphatic carbocycles. The smallest absolute Gasteiger partial charge is 0.325 e. The molecule has 0 saturated carbocycles. The third-order valence-electron chi connectivity index (χ3n) is 3.69. The molecule has 3 rings (SSSR count). The van der Waals surface area contributed by atoms with Crippen molar-refractivity contribution in [1.82, 2.24) is 4.90 Å². The Bertz CT molecular complexity index is 688. The maximum absolute atomic E-state index is 14.0. The number of halogens is 2. The minimum absolute atomic E-state index is 0.297. The Balaban J connectivity index is 1.90. The lowest BCUT2D eigenvalue weighted by Crippen LogP contribution is -2.38. The first kappa shape index (κ1) is 14.7. The highest BCUT2D eigenvalue weighted by Gasteiger charge is 2.33. The van der Waals surface area contributed by atoms with E-state index >= 15 is 0 Å². The molecule has 0 amide bonds. The number of aliphatic carboxylic acids is 1. The monoisotopic (exact) mass is 369 g/mol. The summed E-state index contributed by atoms with van der Waals surface area (Å²) in [7, 11) is 0. The Morgan fingerprint density at radius 3 is 3.00 bits per heavy atom. The lowest BCUT2D eigenvalue weighted by atomic mass is 9.99. The lowest BCUT2D eigenvalue weighted by molar-refractivity contribution is -0.144. The predicted molar refractivity (Wildman–Crippen MR) is 82.9 cm³/mol. The minimum Gasteiger partial charge on any atom is -0.480 e. The van der Waals surface area contributed by atoms with Crippen LogP contribution in [0, 0.1) is 5.82 Å². The van der Waals surface area contributed by atoms with E-state index in [2.05, 4.69) is 15.9 Å². The molecule has 0 spiro atoms. The summed E-state index contributed by atoms with van der Waals surface area (Å²) in [5.41, 5.74) is 1.36. The van der Waals surface area contributed by atoms with Crippen LogP contribution in [0.2, 0.25) is 0 Å². The van der Waals surface area contributed by atoms with Crippen molar-refractivity contribution >= 4 is 33.2 Å². The first-order valence-electron chi connectivity index (χ1n) is 6.53. The first-order valence-corrected chi connectivity index (χ1v) is 8.20. The van der Waals surface area contributed by atoms with Gasteiger partial charge in [-0.15, -0.1) is 11.3 Å². The molecule has 21 heavy (non-hydrogen) atoms. The molecule has 1 aliphatic rings. The molecule has 1 atom stereocenters. The van der Waals surface area contributed by atoms with Crippen molar-refractivity contribution in [3.8, 4) is 0 Å². The van der Waals surface area contributed by atoms with Crippen LogP contribution < -0.4 is 0 Å². The van der Waals surface area contributed by atoms with Gasteiger partial charge in [-0.05, 0) is 35.6 Å². The molecule has 2 aromatic rings. The van der Waals surface area contributed by atoms with Gasteiger partial charge in [0, 0.05) is 28.0 Å². The number of carbonyl (C=O) groups is 1. The van der Waals surface area contributed by atoms with Gasteiger partial charge in [0.1, 0.15) is 11.9 Å². The van der Waals surface area contributed by atoms with E-state index in [4.69, 9.17) is 0 Å². The molecule has 0 saturated heterocycles. The zero-order valence-corrected chi connectivity index (χ0v) is 13.5. The summed E-state index contributed by atoms with van der Waals surface area (Å²) in [4.78, 5) is 14.6. The molecule has 2 heterocycles. The fraction of sp³-hybridized carbons (Fsp3) is 0.267. The molecule has 1 aromatic heterocycles. The Kier molecular flexibility index (Phi) is 4.10. The van der Waals surface area contributed by atoms with Gasteiger partial charge in [0.05, 0.1) is 0 Å². The Labute approximate surface area is 134 Å². The number of hydrogen-bond donors (Lipinski definition) is 1. The molecule has 3 nitrogen and oxygen atoms in total. The number of nitrogens with zero attached hydrogens (tertiary/aromatic N) is 1. The molecule has 1 aromatic carbocycles. The largest absolute Gasteiger partial charge is 0.480 e. The van der Waals surface area contributed by atoms with Crippen LogP contribution in [0.15, 0.2) is 34.1 Å². The molecular formula is C15H13BrFNO2S. The Hall–Kier alpha value is -1.24. The van der Waals surface area contributed by atoms with Crippen LogP contribution in [0.1, 0.15) is 22.0 Å². The highest BCUT2D eigenvalue weighted by Crippen LogP contribution is 2.34. The topological polar surface area (TPSA) is 40.5 Å². The summed E-state index contributed by atoms with van der Waals surface area (Å²) in [6, 6.07) is 6.05. The zero-order chi connectivity index (χ0) is 15.0. The van der Waals surface area contributed by atoms with E-state index in [0.29, 0.717) is 23.1 Å². The Morgan fingerprint density at radius 1 is 1.48 bits per heavy atom. The minimum atomic E-state index is -0.883. The van der Waals surface area contributed by atoms with Crippen LogP contribution in [0.3, 0.4) is 0 Å². The molecule has 1 aliphatic heterocycles. The van der Waals surface area contributed by atoms with Crippen LogP contribution in [0.4, 0.5) is 4.39 Å². The summed E-state index contributed by atoms with van der Waals surface area (Å²) < 4.78 is 14.6. The van der Waals surface area contributed by atoms with Crippen molar-refractivity contribution in [1.29, 1.82) is 0 Å². The zero-order valence-electron chi connectivity index (χ0n) is 11.1. The number of carboxylic acid groups (broad SMARTS) is 1. The molecular weight excluding hydrogens is 357 g/mol. The van der Waals surface area contributed by atoms with Crippen molar-refractivity contribution in [3.05, 3.63) is 55.9 Å². The summed E-state index contributed by atoms with van der Waals surface area (Å²) in [5.74, 6) is -1.20. The number of hydrogen-bond acceptors (Lipinski definition) is 3. The fourth-order valence-corrected chi connectivity index (χ4v) is 3.93. The van der Waals surface area contributed by atoms with Crippen LogP contribution >= 0.6 is 27.3 Å². The van der Waals surface area contributed by atoms with E-state index < -0.39 is 12.0 Å². The van der Waals surface area contributed by atoms with Gasteiger partial charge in [0.15, 0.2) is 0 Å². The SMILES string of the molecule is O=C(O)C1c2ccsc2CCN1Cc1ccc(Br)cc1F. The summed E-state index contributed by atoms with van der Waals surface area (Å²) in [6.07, 6.45) is 0.814. The lowest BCUT2D eigenvalue weighted by Gasteiger charge is -2.33. The van der Waals surface area contributed by atoms with Gasteiger partial charge in [-0.3, -0.25) is 9.69 Å². The van der Waals surface area contributed by atoms with Crippen molar-refractivity contribution in [2.45, 2.75) is 19.0 Å².